The van der Waals surface area contributed by atoms with Gasteiger partial charge in [0, 0.05) is 42.7 Å². The molecule has 0 aliphatic carbocycles. The molecule has 0 aliphatic heterocycles. The van der Waals surface area contributed by atoms with E-state index in [0.29, 0.717) is 0 Å². The molecule has 0 bridgehead atoms. The predicted molar refractivity (Wildman–Crippen MR) is 106 cm³/mol. The summed E-state index contributed by atoms with van der Waals surface area (Å²) in [6, 6.07) is 10.4. The van der Waals surface area contributed by atoms with Crippen LogP contribution in [0.2, 0.25) is 0 Å². The third kappa shape index (κ3) is 3.07. The van der Waals surface area contributed by atoms with Crippen LogP contribution < -0.4 is 0 Å². The molecule has 3 heterocycles. The number of hydrogen-bond donors (Lipinski definition) is 0. The van der Waals surface area contributed by atoms with E-state index >= 15 is 0 Å². The van der Waals surface area contributed by atoms with Crippen LogP contribution in [0.4, 0.5) is 0 Å². The van der Waals surface area contributed by atoms with Gasteiger partial charge in [0.1, 0.15) is 0 Å². The van der Waals surface area contributed by atoms with Crippen molar-refractivity contribution in [1.29, 1.82) is 0 Å². The average molecular weight is 360 g/mol. The summed E-state index contributed by atoms with van der Waals surface area (Å²) in [5.41, 5.74) is 6.45. The van der Waals surface area contributed by atoms with E-state index in [-0.39, 0.29) is 6.04 Å². The van der Waals surface area contributed by atoms with Gasteiger partial charge < -0.3 is 4.57 Å². The van der Waals surface area contributed by atoms with Crippen LogP contribution in [0.25, 0.3) is 22.5 Å². The minimum absolute atomic E-state index is 0.114. The number of hydrogen-bond acceptors (Lipinski definition) is 3. The number of benzene rings is 1. The van der Waals surface area contributed by atoms with E-state index < -0.39 is 0 Å². The summed E-state index contributed by atoms with van der Waals surface area (Å²) in [5, 5.41) is 8.99. The molecule has 0 aliphatic rings. The van der Waals surface area contributed by atoms with Crippen molar-refractivity contribution in [2.24, 2.45) is 7.05 Å². The van der Waals surface area contributed by atoms with Crippen LogP contribution in [0.5, 0.6) is 0 Å². The minimum atomic E-state index is 0.114. The zero-order valence-corrected chi connectivity index (χ0v) is 16.2. The van der Waals surface area contributed by atoms with Gasteiger partial charge in [-0.25, -0.2) is 4.98 Å². The van der Waals surface area contributed by atoms with E-state index in [1.165, 1.54) is 0 Å². The molecule has 0 N–H and O–H groups in total. The molecule has 0 fully saturated rings. The SMILES string of the molecule is CCn1cc(-c2c(-c3ccccc3)ncn2C(C)c2cnn(C)c2)c(C)n1. The van der Waals surface area contributed by atoms with Crippen LogP contribution in [0.15, 0.2) is 55.2 Å². The van der Waals surface area contributed by atoms with Gasteiger partial charge in [-0.15, -0.1) is 0 Å². The Morgan fingerprint density at radius 1 is 1.11 bits per heavy atom. The zero-order valence-electron chi connectivity index (χ0n) is 16.2. The fourth-order valence-corrected chi connectivity index (χ4v) is 3.46. The molecule has 0 saturated carbocycles. The van der Waals surface area contributed by atoms with Gasteiger partial charge >= 0.3 is 0 Å². The van der Waals surface area contributed by atoms with Crippen LogP contribution in [-0.2, 0) is 13.6 Å². The lowest BCUT2D eigenvalue weighted by Gasteiger charge is -2.16. The summed E-state index contributed by atoms with van der Waals surface area (Å²) in [4.78, 5) is 4.79. The molecule has 0 spiro atoms. The van der Waals surface area contributed by atoms with Crippen LogP contribution in [-0.4, -0.2) is 29.1 Å². The highest BCUT2D eigenvalue weighted by molar-refractivity contribution is 5.79. The number of aromatic nitrogens is 6. The summed E-state index contributed by atoms with van der Waals surface area (Å²) in [7, 11) is 1.94. The van der Waals surface area contributed by atoms with Gasteiger partial charge in [0.15, 0.2) is 0 Å². The Morgan fingerprint density at radius 3 is 2.52 bits per heavy atom. The highest BCUT2D eigenvalue weighted by atomic mass is 15.3. The quantitative estimate of drug-likeness (QED) is 0.539. The molecular weight excluding hydrogens is 336 g/mol. The van der Waals surface area contributed by atoms with Crippen LogP contribution >= 0.6 is 0 Å². The molecule has 3 aromatic heterocycles. The molecular formula is C21H24N6. The molecule has 0 saturated heterocycles. The summed E-state index contributed by atoms with van der Waals surface area (Å²) in [6.07, 6.45) is 8.02. The molecule has 6 nitrogen and oxygen atoms in total. The van der Waals surface area contributed by atoms with E-state index in [0.717, 1.165) is 40.3 Å². The second-order valence-electron chi connectivity index (χ2n) is 6.82. The molecule has 0 radical (unpaired) electrons. The van der Waals surface area contributed by atoms with Crippen molar-refractivity contribution in [2.75, 3.05) is 0 Å². The Kier molecular flexibility index (Phi) is 4.39. The zero-order chi connectivity index (χ0) is 19.0. The highest BCUT2D eigenvalue weighted by Crippen LogP contribution is 2.36. The molecule has 1 atom stereocenters. The monoisotopic (exact) mass is 360 g/mol. The summed E-state index contributed by atoms with van der Waals surface area (Å²) < 4.78 is 6.04. The van der Waals surface area contributed by atoms with Crippen molar-refractivity contribution in [3.8, 4) is 22.5 Å². The fraction of sp³-hybridized carbons (Fsp3) is 0.286. The van der Waals surface area contributed by atoms with E-state index in [1.54, 1.807) is 0 Å². The first-order valence-corrected chi connectivity index (χ1v) is 9.23. The van der Waals surface area contributed by atoms with E-state index in [2.05, 4.69) is 60.1 Å². The molecule has 4 aromatic rings. The predicted octanol–water partition coefficient (Wildman–Crippen LogP) is 4.08. The third-order valence-corrected chi connectivity index (χ3v) is 4.99. The van der Waals surface area contributed by atoms with E-state index in [9.17, 15) is 0 Å². The molecule has 1 unspecified atom stereocenters. The van der Waals surface area contributed by atoms with Crippen LogP contribution in [0.3, 0.4) is 0 Å². The van der Waals surface area contributed by atoms with Crippen molar-refractivity contribution >= 4 is 0 Å². The Balaban J connectivity index is 1.92. The third-order valence-electron chi connectivity index (χ3n) is 4.99. The number of nitrogens with zero attached hydrogens (tertiary/aromatic N) is 6. The van der Waals surface area contributed by atoms with Crippen molar-refractivity contribution in [3.05, 3.63) is 66.5 Å². The maximum Gasteiger partial charge on any atom is 0.0964 e. The second kappa shape index (κ2) is 6.87. The Labute approximate surface area is 159 Å². The van der Waals surface area contributed by atoms with Crippen LogP contribution in [0, 0.1) is 6.92 Å². The molecule has 4 rings (SSSR count). The van der Waals surface area contributed by atoms with Gasteiger partial charge in [0.2, 0.25) is 0 Å². The average Bonchev–Trinajstić information content (AvgIpc) is 3.39. The van der Waals surface area contributed by atoms with Gasteiger partial charge in [0.25, 0.3) is 0 Å². The number of imidazole rings is 1. The Hall–Kier alpha value is -3.15. The fourth-order valence-electron chi connectivity index (χ4n) is 3.46. The molecule has 6 heteroatoms. The lowest BCUT2D eigenvalue weighted by molar-refractivity contribution is 0.642. The van der Waals surface area contributed by atoms with Gasteiger partial charge in [0.05, 0.1) is 35.6 Å². The molecule has 0 amide bonds. The minimum Gasteiger partial charge on any atom is -0.323 e. The van der Waals surface area contributed by atoms with Gasteiger partial charge in [-0.1, -0.05) is 30.3 Å². The van der Waals surface area contributed by atoms with Gasteiger partial charge in [-0.2, -0.15) is 10.2 Å². The van der Waals surface area contributed by atoms with Crippen LogP contribution in [0.1, 0.15) is 31.1 Å². The van der Waals surface area contributed by atoms with Gasteiger partial charge in [-0.05, 0) is 20.8 Å². The van der Waals surface area contributed by atoms with E-state index in [4.69, 9.17) is 4.98 Å². The maximum atomic E-state index is 4.79. The summed E-state index contributed by atoms with van der Waals surface area (Å²) in [6.45, 7) is 7.18. The van der Waals surface area contributed by atoms with E-state index in [1.807, 2.05) is 47.1 Å². The molecule has 1 aromatic carbocycles. The maximum absolute atomic E-state index is 4.79. The Morgan fingerprint density at radius 2 is 1.89 bits per heavy atom. The smallest absolute Gasteiger partial charge is 0.0964 e. The standard InChI is InChI=1S/C21H24N6/c1-5-26-13-19(15(2)24-26)21-20(17-9-7-6-8-10-17)22-14-27(21)16(3)18-11-23-25(4)12-18/h6-14,16H,5H2,1-4H3. The topological polar surface area (TPSA) is 53.5 Å². The first kappa shape index (κ1) is 17.3. The lowest BCUT2D eigenvalue weighted by atomic mass is 10.0. The normalized spacial score (nSPS) is 12.4. The summed E-state index contributed by atoms with van der Waals surface area (Å²) >= 11 is 0. The van der Waals surface area contributed by atoms with Gasteiger partial charge in [-0.3, -0.25) is 9.36 Å². The Bertz CT molecular complexity index is 1050. The van der Waals surface area contributed by atoms with Crippen molar-refractivity contribution in [3.63, 3.8) is 0 Å². The highest BCUT2D eigenvalue weighted by Gasteiger charge is 2.22. The first-order chi connectivity index (χ1) is 13.1. The summed E-state index contributed by atoms with van der Waals surface area (Å²) in [5.74, 6) is 0. The van der Waals surface area contributed by atoms with Crippen molar-refractivity contribution in [1.82, 2.24) is 29.1 Å². The lowest BCUT2D eigenvalue weighted by Crippen LogP contribution is -2.07. The number of aryl methyl sites for hydroxylation is 3. The van der Waals surface area contributed by atoms with Crippen molar-refractivity contribution < 1.29 is 0 Å². The second-order valence-corrected chi connectivity index (χ2v) is 6.82. The largest absolute Gasteiger partial charge is 0.323 e. The molecule has 138 valence electrons. The number of rotatable bonds is 5. The first-order valence-electron chi connectivity index (χ1n) is 9.23. The molecule has 27 heavy (non-hydrogen) atoms. The van der Waals surface area contributed by atoms with Crippen molar-refractivity contribution in [2.45, 2.75) is 33.4 Å².